The van der Waals surface area contributed by atoms with Crippen molar-refractivity contribution in [1.82, 2.24) is 5.32 Å². The SMILES string of the molecule is Cc1ccc(OCCNC(=O)CCC(=O)c2ccc(C)cc2)cc1. The number of aryl methyl sites for hydroxylation is 2. The highest BCUT2D eigenvalue weighted by Gasteiger charge is 2.09. The van der Waals surface area contributed by atoms with E-state index in [0.29, 0.717) is 18.7 Å². The van der Waals surface area contributed by atoms with E-state index in [9.17, 15) is 9.59 Å². The van der Waals surface area contributed by atoms with Gasteiger partial charge in [-0.05, 0) is 26.0 Å². The Bertz CT molecular complexity index is 675. The summed E-state index contributed by atoms with van der Waals surface area (Å²) in [6, 6.07) is 15.1. The van der Waals surface area contributed by atoms with Gasteiger partial charge >= 0.3 is 0 Å². The lowest BCUT2D eigenvalue weighted by Crippen LogP contribution is -2.28. The first kappa shape index (κ1) is 17.7. The molecule has 0 unspecified atom stereocenters. The van der Waals surface area contributed by atoms with Crippen molar-refractivity contribution in [2.24, 2.45) is 0 Å². The van der Waals surface area contributed by atoms with Gasteiger partial charge in [0.2, 0.25) is 5.91 Å². The molecule has 2 rings (SSSR count). The second kappa shape index (κ2) is 8.87. The Hall–Kier alpha value is -2.62. The molecule has 0 radical (unpaired) electrons. The summed E-state index contributed by atoms with van der Waals surface area (Å²) >= 11 is 0. The Morgan fingerprint density at radius 3 is 2.08 bits per heavy atom. The summed E-state index contributed by atoms with van der Waals surface area (Å²) in [5.41, 5.74) is 2.93. The third-order valence-electron chi connectivity index (χ3n) is 3.67. The number of Topliss-reactive ketones (excluding diaryl/α,β-unsaturated/α-hetero) is 1. The van der Waals surface area contributed by atoms with Gasteiger partial charge in [-0.15, -0.1) is 0 Å². The van der Waals surface area contributed by atoms with Crippen LogP contribution in [0.2, 0.25) is 0 Å². The van der Waals surface area contributed by atoms with Crippen LogP contribution in [0.3, 0.4) is 0 Å². The van der Waals surface area contributed by atoms with Gasteiger partial charge in [-0.2, -0.15) is 0 Å². The van der Waals surface area contributed by atoms with E-state index in [-0.39, 0.29) is 24.5 Å². The third-order valence-corrected chi connectivity index (χ3v) is 3.67. The van der Waals surface area contributed by atoms with E-state index < -0.39 is 0 Å². The summed E-state index contributed by atoms with van der Waals surface area (Å²) in [6.07, 6.45) is 0.408. The Kier molecular flexibility index (Phi) is 6.55. The number of carbonyl (C=O) groups excluding carboxylic acids is 2. The van der Waals surface area contributed by atoms with Gasteiger partial charge in [0.1, 0.15) is 12.4 Å². The van der Waals surface area contributed by atoms with Gasteiger partial charge in [-0.1, -0.05) is 47.5 Å². The van der Waals surface area contributed by atoms with Crippen LogP contribution in [0.5, 0.6) is 5.75 Å². The second-order valence-electron chi connectivity index (χ2n) is 5.80. The molecule has 0 aromatic heterocycles. The number of hydrogen-bond acceptors (Lipinski definition) is 3. The monoisotopic (exact) mass is 325 g/mol. The van der Waals surface area contributed by atoms with Crippen LogP contribution in [0.1, 0.15) is 34.3 Å². The molecule has 0 aliphatic rings. The normalized spacial score (nSPS) is 10.2. The molecule has 0 aliphatic carbocycles. The number of carbonyl (C=O) groups is 2. The van der Waals surface area contributed by atoms with Crippen LogP contribution in [-0.2, 0) is 4.79 Å². The Morgan fingerprint density at radius 1 is 0.875 bits per heavy atom. The average Bonchev–Trinajstić information content (AvgIpc) is 2.59. The van der Waals surface area contributed by atoms with E-state index in [4.69, 9.17) is 4.74 Å². The van der Waals surface area contributed by atoms with E-state index in [1.165, 1.54) is 5.56 Å². The van der Waals surface area contributed by atoms with E-state index in [1.54, 1.807) is 12.1 Å². The molecule has 0 saturated carbocycles. The maximum absolute atomic E-state index is 12.0. The standard InChI is InChI=1S/C20H23NO3/c1-15-3-7-17(8-4-15)19(22)11-12-20(23)21-13-14-24-18-9-5-16(2)6-10-18/h3-10H,11-14H2,1-2H3,(H,21,23). The van der Waals surface area contributed by atoms with E-state index in [1.807, 2.05) is 50.2 Å². The predicted octanol–water partition coefficient (Wildman–Crippen LogP) is 3.46. The summed E-state index contributed by atoms with van der Waals surface area (Å²) in [4.78, 5) is 23.8. The second-order valence-corrected chi connectivity index (χ2v) is 5.80. The lowest BCUT2D eigenvalue weighted by molar-refractivity contribution is -0.121. The van der Waals surface area contributed by atoms with Crippen LogP contribution >= 0.6 is 0 Å². The van der Waals surface area contributed by atoms with Gasteiger partial charge in [0.15, 0.2) is 5.78 Å². The summed E-state index contributed by atoms with van der Waals surface area (Å²) in [5, 5.41) is 2.76. The number of hydrogen-bond donors (Lipinski definition) is 1. The van der Waals surface area contributed by atoms with Crippen molar-refractivity contribution in [3.8, 4) is 5.75 Å². The molecule has 4 heteroatoms. The molecule has 0 spiro atoms. The molecule has 0 fully saturated rings. The Morgan fingerprint density at radius 2 is 1.46 bits per heavy atom. The molecule has 2 aromatic rings. The highest BCUT2D eigenvalue weighted by atomic mass is 16.5. The quantitative estimate of drug-likeness (QED) is 0.597. The number of ether oxygens (including phenoxy) is 1. The Labute approximate surface area is 142 Å². The molecule has 0 atom stereocenters. The number of rotatable bonds is 8. The number of amides is 1. The van der Waals surface area contributed by atoms with Crippen LogP contribution in [0.25, 0.3) is 0 Å². The van der Waals surface area contributed by atoms with Crippen LogP contribution in [0, 0.1) is 13.8 Å². The molecular weight excluding hydrogens is 302 g/mol. The molecule has 4 nitrogen and oxygen atoms in total. The van der Waals surface area contributed by atoms with Crippen molar-refractivity contribution < 1.29 is 14.3 Å². The smallest absolute Gasteiger partial charge is 0.220 e. The number of nitrogens with one attached hydrogen (secondary N) is 1. The van der Waals surface area contributed by atoms with Crippen molar-refractivity contribution in [3.05, 3.63) is 65.2 Å². The van der Waals surface area contributed by atoms with Crippen molar-refractivity contribution >= 4 is 11.7 Å². The lowest BCUT2D eigenvalue weighted by Gasteiger charge is -2.08. The number of benzene rings is 2. The van der Waals surface area contributed by atoms with Crippen LogP contribution in [0.4, 0.5) is 0 Å². The molecular formula is C20H23NO3. The third kappa shape index (κ3) is 5.88. The van der Waals surface area contributed by atoms with Gasteiger partial charge in [-0.3, -0.25) is 9.59 Å². The van der Waals surface area contributed by atoms with Crippen LogP contribution in [0.15, 0.2) is 48.5 Å². The fraction of sp³-hybridized carbons (Fsp3) is 0.300. The average molecular weight is 325 g/mol. The van der Waals surface area contributed by atoms with Crippen LogP contribution < -0.4 is 10.1 Å². The number of ketones is 1. The highest BCUT2D eigenvalue weighted by Crippen LogP contribution is 2.11. The minimum absolute atomic E-state index is 0.0129. The molecule has 0 heterocycles. The molecule has 1 N–H and O–H groups in total. The molecule has 0 bridgehead atoms. The fourth-order valence-corrected chi connectivity index (χ4v) is 2.19. The van der Waals surface area contributed by atoms with Crippen molar-refractivity contribution in [1.29, 1.82) is 0 Å². The lowest BCUT2D eigenvalue weighted by atomic mass is 10.1. The highest BCUT2D eigenvalue weighted by molar-refractivity contribution is 5.97. The Balaban J connectivity index is 1.63. The fourth-order valence-electron chi connectivity index (χ4n) is 2.19. The summed E-state index contributed by atoms with van der Waals surface area (Å²) < 4.78 is 5.54. The van der Waals surface area contributed by atoms with Crippen molar-refractivity contribution in [2.45, 2.75) is 26.7 Å². The zero-order valence-electron chi connectivity index (χ0n) is 14.2. The maximum Gasteiger partial charge on any atom is 0.220 e. The van der Waals surface area contributed by atoms with Crippen LogP contribution in [-0.4, -0.2) is 24.8 Å². The van der Waals surface area contributed by atoms with Crippen molar-refractivity contribution in [3.63, 3.8) is 0 Å². The van der Waals surface area contributed by atoms with Gasteiger partial charge in [0.25, 0.3) is 0 Å². The molecule has 24 heavy (non-hydrogen) atoms. The summed E-state index contributed by atoms with van der Waals surface area (Å²) in [6.45, 7) is 4.81. The van der Waals surface area contributed by atoms with Crippen molar-refractivity contribution in [2.75, 3.05) is 13.2 Å². The largest absolute Gasteiger partial charge is 0.492 e. The molecule has 1 amide bonds. The topological polar surface area (TPSA) is 55.4 Å². The molecule has 0 saturated heterocycles. The zero-order chi connectivity index (χ0) is 17.4. The van der Waals surface area contributed by atoms with E-state index >= 15 is 0 Å². The zero-order valence-corrected chi connectivity index (χ0v) is 14.2. The van der Waals surface area contributed by atoms with E-state index in [2.05, 4.69) is 5.32 Å². The van der Waals surface area contributed by atoms with Gasteiger partial charge in [-0.25, -0.2) is 0 Å². The maximum atomic E-state index is 12.0. The first-order valence-electron chi connectivity index (χ1n) is 8.10. The van der Waals surface area contributed by atoms with E-state index in [0.717, 1.165) is 11.3 Å². The minimum atomic E-state index is -0.136. The predicted molar refractivity (Wildman–Crippen MR) is 94.4 cm³/mol. The summed E-state index contributed by atoms with van der Waals surface area (Å²) in [7, 11) is 0. The first-order valence-corrected chi connectivity index (χ1v) is 8.10. The summed E-state index contributed by atoms with van der Waals surface area (Å²) in [5.74, 6) is 0.633. The molecule has 0 aliphatic heterocycles. The van der Waals surface area contributed by atoms with Gasteiger partial charge < -0.3 is 10.1 Å². The van der Waals surface area contributed by atoms with Gasteiger partial charge in [0, 0.05) is 18.4 Å². The molecule has 2 aromatic carbocycles. The minimum Gasteiger partial charge on any atom is -0.492 e. The molecule has 126 valence electrons. The van der Waals surface area contributed by atoms with Gasteiger partial charge in [0.05, 0.1) is 6.54 Å². The first-order chi connectivity index (χ1) is 11.5.